The van der Waals surface area contributed by atoms with Gasteiger partial charge in [0.15, 0.2) is 6.10 Å². The maximum atomic E-state index is 12.9. The van der Waals surface area contributed by atoms with Crippen molar-refractivity contribution in [1.29, 1.82) is 0 Å². The second kappa shape index (κ2) is 67.6. The second-order valence-electron chi connectivity index (χ2n) is 22.4. The van der Waals surface area contributed by atoms with Crippen molar-refractivity contribution < 1.29 is 28.6 Å². The average molecular weight is 1110 g/mol. The fraction of sp³-hybridized carbons (Fsp3) is 0.716. The van der Waals surface area contributed by atoms with Gasteiger partial charge < -0.3 is 14.2 Å². The van der Waals surface area contributed by atoms with Crippen molar-refractivity contribution in [1.82, 2.24) is 0 Å². The van der Waals surface area contributed by atoms with E-state index in [1.165, 1.54) is 154 Å². The van der Waals surface area contributed by atoms with Gasteiger partial charge in [0.25, 0.3) is 0 Å². The van der Waals surface area contributed by atoms with E-state index in [-0.39, 0.29) is 31.1 Å². The predicted molar refractivity (Wildman–Crippen MR) is 348 cm³/mol. The summed E-state index contributed by atoms with van der Waals surface area (Å²) < 4.78 is 16.9. The molecule has 0 rings (SSSR count). The molecule has 0 radical (unpaired) electrons. The minimum atomic E-state index is -0.788. The van der Waals surface area contributed by atoms with Crippen LogP contribution in [0, 0.1) is 0 Å². The molecule has 0 aliphatic heterocycles. The molecular formula is C74H126O6. The van der Waals surface area contributed by atoms with Gasteiger partial charge in [0.1, 0.15) is 13.2 Å². The fourth-order valence-electron chi connectivity index (χ4n) is 9.45. The van der Waals surface area contributed by atoms with E-state index in [2.05, 4.69) is 130 Å². The monoisotopic (exact) mass is 1110 g/mol. The number of rotatable bonds is 61. The number of allylic oxidation sites excluding steroid dienone is 18. The van der Waals surface area contributed by atoms with Crippen LogP contribution in [0.1, 0.15) is 323 Å². The zero-order valence-electron chi connectivity index (χ0n) is 52.6. The van der Waals surface area contributed by atoms with Gasteiger partial charge in [-0.3, -0.25) is 14.4 Å². The second-order valence-corrected chi connectivity index (χ2v) is 22.4. The third-order valence-corrected chi connectivity index (χ3v) is 14.5. The summed E-state index contributed by atoms with van der Waals surface area (Å²) in [4.78, 5) is 38.4. The van der Waals surface area contributed by atoms with Crippen molar-refractivity contribution in [2.45, 2.75) is 329 Å². The van der Waals surface area contributed by atoms with Gasteiger partial charge >= 0.3 is 17.9 Å². The molecule has 6 heteroatoms. The molecule has 0 aromatic carbocycles. The van der Waals surface area contributed by atoms with Gasteiger partial charge in [-0.1, -0.05) is 304 Å². The van der Waals surface area contributed by atoms with Gasteiger partial charge in [0, 0.05) is 19.3 Å². The van der Waals surface area contributed by atoms with Crippen LogP contribution in [0.25, 0.3) is 0 Å². The van der Waals surface area contributed by atoms with Gasteiger partial charge in [-0.05, 0) is 109 Å². The van der Waals surface area contributed by atoms with Crippen LogP contribution in [0.2, 0.25) is 0 Å². The van der Waals surface area contributed by atoms with E-state index in [4.69, 9.17) is 14.2 Å². The van der Waals surface area contributed by atoms with Crippen LogP contribution in [0.3, 0.4) is 0 Å². The Bertz CT molecular complexity index is 1610. The highest BCUT2D eigenvalue weighted by Crippen LogP contribution is 2.17. The summed E-state index contributed by atoms with van der Waals surface area (Å²) in [5, 5.41) is 0. The zero-order valence-corrected chi connectivity index (χ0v) is 52.6. The Kier molecular flexibility index (Phi) is 64.3. The van der Waals surface area contributed by atoms with Crippen molar-refractivity contribution in [2.75, 3.05) is 13.2 Å². The van der Waals surface area contributed by atoms with Crippen LogP contribution < -0.4 is 0 Å². The maximum Gasteiger partial charge on any atom is 0.306 e. The molecule has 0 saturated carbocycles. The molecule has 1 atom stereocenters. The fourth-order valence-corrected chi connectivity index (χ4v) is 9.45. The van der Waals surface area contributed by atoms with Crippen LogP contribution in [0.5, 0.6) is 0 Å². The third-order valence-electron chi connectivity index (χ3n) is 14.5. The lowest BCUT2D eigenvalue weighted by Gasteiger charge is -2.18. The smallest absolute Gasteiger partial charge is 0.306 e. The van der Waals surface area contributed by atoms with E-state index < -0.39 is 6.10 Å². The van der Waals surface area contributed by atoms with E-state index in [1.54, 1.807) is 0 Å². The SMILES string of the molecule is CC/C=C\C/C=C\C/C=C\C/C=C\C/C=C\C/C=C\C/C=C\C/C=C\CCCCCCCCC(=O)OCC(COC(=O)CCCCCCC/C=C\CCCCCCC)OC(=O)CCCCCCCCCCCCCCCCCCC. The van der Waals surface area contributed by atoms with Crippen LogP contribution in [0.4, 0.5) is 0 Å². The topological polar surface area (TPSA) is 78.9 Å². The molecule has 80 heavy (non-hydrogen) atoms. The van der Waals surface area contributed by atoms with Crippen LogP contribution in [0.15, 0.2) is 109 Å². The van der Waals surface area contributed by atoms with Crippen molar-refractivity contribution in [3.05, 3.63) is 109 Å². The van der Waals surface area contributed by atoms with Gasteiger partial charge in [0.05, 0.1) is 0 Å². The number of carbonyl (C=O) groups excluding carboxylic acids is 3. The van der Waals surface area contributed by atoms with Gasteiger partial charge in [-0.2, -0.15) is 0 Å². The predicted octanol–water partition coefficient (Wildman–Crippen LogP) is 23.4. The first-order valence-corrected chi connectivity index (χ1v) is 33.9. The van der Waals surface area contributed by atoms with E-state index >= 15 is 0 Å². The Balaban J connectivity index is 4.33. The number of unbranched alkanes of at least 4 members (excludes halogenated alkanes) is 32. The first-order chi connectivity index (χ1) is 39.5. The summed E-state index contributed by atoms with van der Waals surface area (Å²) in [5.74, 6) is -0.895. The van der Waals surface area contributed by atoms with Crippen LogP contribution >= 0.6 is 0 Å². The summed E-state index contributed by atoms with van der Waals surface area (Å²) in [6, 6.07) is 0. The van der Waals surface area contributed by atoms with Crippen molar-refractivity contribution in [2.24, 2.45) is 0 Å². The highest BCUT2D eigenvalue weighted by atomic mass is 16.6. The Morgan fingerprint density at radius 1 is 0.263 bits per heavy atom. The van der Waals surface area contributed by atoms with E-state index in [9.17, 15) is 14.4 Å². The summed E-state index contributed by atoms with van der Waals surface area (Å²) in [7, 11) is 0. The first kappa shape index (κ1) is 76.1. The summed E-state index contributed by atoms with van der Waals surface area (Å²) in [5.41, 5.74) is 0. The minimum Gasteiger partial charge on any atom is -0.462 e. The Labute approximate surface area is 495 Å². The molecule has 0 aromatic heterocycles. The largest absolute Gasteiger partial charge is 0.462 e. The molecule has 0 heterocycles. The summed E-state index contributed by atoms with van der Waals surface area (Å²) in [6.07, 6.45) is 92.4. The molecule has 6 nitrogen and oxygen atoms in total. The molecule has 0 aromatic rings. The Morgan fingerprint density at radius 3 is 0.775 bits per heavy atom. The molecule has 458 valence electrons. The Hall–Kier alpha value is -3.93. The molecule has 0 N–H and O–H groups in total. The highest BCUT2D eigenvalue weighted by Gasteiger charge is 2.19. The lowest BCUT2D eigenvalue weighted by Crippen LogP contribution is -2.30. The van der Waals surface area contributed by atoms with Crippen LogP contribution in [-0.4, -0.2) is 37.2 Å². The van der Waals surface area contributed by atoms with E-state index in [0.717, 1.165) is 128 Å². The molecule has 0 saturated heterocycles. The van der Waals surface area contributed by atoms with Crippen LogP contribution in [-0.2, 0) is 28.6 Å². The average Bonchev–Trinajstić information content (AvgIpc) is 3.46. The zero-order chi connectivity index (χ0) is 57.8. The third kappa shape index (κ3) is 64.9. The number of hydrogen-bond acceptors (Lipinski definition) is 6. The number of esters is 3. The number of ether oxygens (including phenoxy) is 3. The highest BCUT2D eigenvalue weighted by molar-refractivity contribution is 5.71. The minimum absolute atomic E-state index is 0.0845. The molecule has 1 unspecified atom stereocenters. The quantitative estimate of drug-likeness (QED) is 0.0261. The lowest BCUT2D eigenvalue weighted by atomic mass is 10.0. The van der Waals surface area contributed by atoms with Crippen molar-refractivity contribution >= 4 is 17.9 Å². The molecule has 0 aliphatic rings. The maximum absolute atomic E-state index is 12.9. The lowest BCUT2D eigenvalue weighted by molar-refractivity contribution is -0.167. The summed E-state index contributed by atoms with van der Waals surface area (Å²) in [6.45, 7) is 6.53. The molecule has 0 amide bonds. The standard InChI is InChI=1S/C74H126O6/c1-4-7-10-13-16-19-22-25-28-30-31-32-33-34-35-36-37-38-39-40-41-42-43-45-46-49-52-55-58-61-64-67-73(76)79-70-71(69-78-72(75)66-63-60-57-54-51-48-27-24-21-18-15-12-9-6-3)80-74(77)68-65-62-59-56-53-50-47-44-29-26-23-20-17-14-11-8-5-2/h7,10,16,19,24-25,27-28,31-32,34-35,37-38,40-41,43,45,71H,4-6,8-9,11-15,17-18,20-23,26,29-30,33,36,39,42,44,46-70H2,1-3H3/b10-7-,19-16-,27-24-,28-25-,32-31-,35-34-,38-37-,41-40-,45-43-. The van der Waals surface area contributed by atoms with Gasteiger partial charge in [0.2, 0.25) is 0 Å². The van der Waals surface area contributed by atoms with Crippen molar-refractivity contribution in [3.63, 3.8) is 0 Å². The van der Waals surface area contributed by atoms with E-state index in [0.29, 0.717) is 19.3 Å². The molecular weight excluding hydrogens is 985 g/mol. The van der Waals surface area contributed by atoms with E-state index in [1.807, 2.05) is 0 Å². The number of hydrogen-bond donors (Lipinski definition) is 0. The van der Waals surface area contributed by atoms with Gasteiger partial charge in [-0.15, -0.1) is 0 Å². The number of carbonyl (C=O) groups is 3. The van der Waals surface area contributed by atoms with Crippen molar-refractivity contribution in [3.8, 4) is 0 Å². The molecule has 0 aliphatic carbocycles. The van der Waals surface area contributed by atoms with Gasteiger partial charge in [-0.25, -0.2) is 0 Å². The Morgan fingerprint density at radius 2 is 0.487 bits per heavy atom. The molecule has 0 fully saturated rings. The molecule has 0 bridgehead atoms. The first-order valence-electron chi connectivity index (χ1n) is 33.9. The molecule has 0 spiro atoms. The summed E-state index contributed by atoms with van der Waals surface area (Å²) >= 11 is 0. The normalized spacial score (nSPS) is 12.8.